The van der Waals surface area contributed by atoms with Crippen LogP contribution in [0.15, 0.2) is 29.3 Å². The second kappa shape index (κ2) is 15.8. The van der Waals surface area contributed by atoms with Crippen LogP contribution in [0.25, 0.3) is 0 Å². The topological polar surface area (TPSA) is 64.1 Å². The molecule has 0 radical (unpaired) electrons. The maximum Gasteiger partial charge on any atom is 0.191 e. The molecule has 1 aromatic rings. The molecule has 8 heteroatoms. The van der Waals surface area contributed by atoms with Crippen LogP contribution in [0.2, 0.25) is 0 Å². The van der Waals surface area contributed by atoms with Crippen molar-refractivity contribution in [3.63, 3.8) is 0 Å². The lowest BCUT2D eigenvalue weighted by atomic mass is 10.1. The van der Waals surface area contributed by atoms with E-state index in [4.69, 9.17) is 14.2 Å². The SMILES string of the molecule is CCNC(=NCCCOc1ccc(F)cc1)NCCCOCC1CCOC1.I. The first-order valence-corrected chi connectivity index (χ1v) is 9.84. The first-order valence-electron chi connectivity index (χ1n) is 9.84. The summed E-state index contributed by atoms with van der Waals surface area (Å²) in [5.41, 5.74) is 0. The van der Waals surface area contributed by atoms with Crippen LogP contribution in [0.4, 0.5) is 4.39 Å². The number of guanidine groups is 1. The maximum atomic E-state index is 12.8. The van der Waals surface area contributed by atoms with Crippen molar-refractivity contribution in [2.75, 3.05) is 52.7 Å². The number of ether oxygens (including phenoxy) is 3. The third-order valence-corrected chi connectivity index (χ3v) is 4.13. The van der Waals surface area contributed by atoms with E-state index < -0.39 is 0 Å². The summed E-state index contributed by atoms with van der Waals surface area (Å²) in [5, 5.41) is 6.55. The van der Waals surface area contributed by atoms with Gasteiger partial charge < -0.3 is 24.8 Å². The molecule has 1 fully saturated rings. The van der Waals surface area contributed by atoms with Gasteiger partial charge in [0.2, 0.25) is 0 Å². The van der Waals surface area contributed by atoms with E-state index in [1.54, 1.807) is 12.1 Å². The molecular weight excluding hydrogens is 476 g/mol. The van der Waals surface area contributed by atoms with E-state index in [1.165, 1.54) is 12.1 Å². The highest BCUT2D eigenvalue weighted by Crippen LogP contribution is 2.12. The zero-order valence-corrected chi connectivity index (χ0v) is 19.0. The lowest BCUT2D eigenvalue weighted by molar-refractivity contribution is 0.0888. The van der Waals surface area contributed by atoms with Crippen molar-refractivity contribution >= 4 is 29.9 Å². The van der Waals surface area contributed by atoms with Crippen molar-refractivity contribution < 1.29 is 18.6 Å². The third-order valence-electron chi connectivity index (χ3n) is 4.13. The van der Waals surface area contributed by atoms with Crippen molar-refractivity contribution in [1.29, 1.82) is 0 Å². The van der Waals surface area contributed by atoms with E-state index in [9.17, 15) is 4.39 Å². The van der Waals surface area contributed by atoms with Gasteiger partial charge in [-0.1, -0.05) is 0 Å². The largest absolute Gasteiger partial charge is 0.494 e. The Bertz CT molecular complexity index is 540. The Morgan fingerprint density at radius 3 is 2.75 bits per heavy atom. The van der Waals surface area contributed by atoms with Crippen LogP contribution in [0.5, 0.6) is 5.75 Å². The molecule has 2 rings (SSSR count). The number of nitrogens with zero attached hydrogens (tertiary/aromatic N) is 1. The van der Waals surface area contributed by atoms with Gasteiger partial charge in [-0.05, 0) is 44.0 Å². The molecule has 1 aromatic carbocycles. The van der Waals surface area contributed by atoms with E-state index in [2.05, 4.69) is 15.6 Å². The number of hydrogen-bond acceptors (Lipinski definition) is 4. The van der Waals surface area contributed by atoms with Gasteiger partial charge in [0.05, 0.1) is 19.8 Å². The Balaban J connectivity index is 0.00000392. The van der Waals surface area contributed by atoms with Crippen LogP contribution in [0.3, 0.4) is 0 Å². The number of nitrogens with one attached hydrogen (secondary N) is 2. The molecule has 0 amide bonds. The lowest BCUT2D eigenvalue weighted by Gasteiger charge is -2.12. The van der Waals surface area contributed by atoms with Crippen LogP contribution in [-0.2, 0) is 9.47 Å². The number of rotatable bonds is 12. The fourth-order valence-electron chi connectivity index (χ4n) is 2.66. The summed E-state index contributed by atoms with van der Waals surface area (Å²) in [7, 11) is 0. The highest BCUT2D eigenvalue weighted by Gasteiger charge is 2.15. The van der Waals surface area contributed by atoms with Crippen molar-refractivity contribution in [1.82, 2.24) is 10.6 Å². The van der Waals surface area contributed by atoms with Gasteiger partial charge in [0, 0.05) is 45.2 Å². The summed E-state index contributed by atoms with van der Waals surface area (Å²) in [5.74, 6) is 1.79. The van der Waals surface area contributed by atoms with Gasteiger partial charge in [-0.25, -0.2) is 4.39 Å². The molecule has 0 spiro atoms. The van der Waals surface area contributed by atoms with Gasteiger partial charge in [0.15, 0.2) is 5.96 Å². The van der Waals surface area contributed by atoms with Gasteiger partial charge in [0.1, 0.15) is 11.6 Å². The fourth-order valence-corrected chi connectivity index (χ4v) is 2.66. The molecule has 0 bridgehead atoms. The highest BCUT2D eigenvalue weighted by molar-refractivity contribution is 14.0. The second-order valence-electron chi connectivity index (χ2n) is 6.50. The first kappa shape index (κ1) is 24.9. The van der Waals surface area contributed by atoms with Crippen LogP contribution >= 0.6 is 24.0 Å². The van der Waals surface area contributed by atoms with Gasteiger partial charge in [-0.2, -0.15) is 0 Å². The molecule has 1 saturated heterocycles. The van der Waals surface area contributed by atoms with E-state index in [-0.39, 0.29) is 29.8 Å². The van der Waals surface area contributed by atoms with Crippen LogP contribution in [-0.4, -0.2) is 58.6 Å². The second-order valence-corrected chi connectivity index (χ2v) is 6.50. The van der Waals surface area contributed by atoms with Crippen molar-refractivity contribution in [2.45, 2.75) is 26.2 Å². The van der Waals surface area contributed by atoms with Crippen molar-refractivity contribution in [3.8, 4) is 5.75 Å². The van der Waals surface area contributed by atoms with E-state index in [0.717, 1.165) is 64.7 Å². The molecule has 1 aliphatic rings. The Labute approximate surface area is 184 Å². The molecule has 1 atom stereocenters. The molecule has 2 N–H and O–H groups in total. The average molecular weight is 509 g/mol. The molecule has 0 aliphatic carbocycles. The minimum Gasteiger partial charge on any atom is -0.494 e. The predicted molar refractivity (Wildman–Crippen MR) is 120 cm³/mol. The first-order chi connectivity index (χ1) is 13.3. The van der Waals surface area contributed by atoms with E-state index in [1.807, 2.05) is 6.92 Å². The summed E-state index contributed by atoms with van der Waals surface area (Å²) in [4.78, 5) is 4.54. The normalized spacial score (nSPS) is 16.5. The Kier molecular flexibility index (Phi) is 14.0. The minimum atomic E-state index is -0.258. The quantitative estimate of drug-likeness (QED) is 0.196. The fraction of sp³-hybridized carbons (Fsp3) is 0.650. The monoisotopic (exact) mass is 509 g/mol. The molecule has 1 aliphatic heterocycles. The Morgan fingerprint density at radius 2 is 2.04 bits per heavy atom. The average Bonchev–Trinajstić information content (AvgIpc) is 3.19. The molecular formula is C20H33FIN3O3. The highest BCUT2D eigenvalue weighted by atomic mass is 127. The van der Waals surface area contributed by atoms with E-state index in [0.29, 0.717) is 24.8 Å². The molecule has 0 saturated carbocycles. The standard InChI is InChI=1S/C20H32FN3O3.HI/c1-2-22-20(23-10-3-12-25-15-17-9-14-26-16-17)24-11-4-13-27-19-7-5-18(21)6-8-19;/h5-8,17H,2-4,9-16H2,1H3,(H2,22,23,24);1H. The molecule has 1 heterocycles. The van der Waals surface area contributed by atoms with Gasteiger partial charge in [0.25, 0.3) is 0 Å². The van der Waals surface area contributed by atoms with Crippen LogP contribution in [0.1, 0.15) is 26.2 Å². The van der Waals surface area contributed by atoms with Gasteiger partial charge in [-0.15, -0.1) is 24.0 Å². The smallest absolute Gasteiger partial charge is 0.191 e. The predicted octanol–water partition coefficient (Wildman–Crippen LogP) is 3.21. The summed E-state index contributed by atoms with van der Waals surface area (Å²) >= 11 is 0. The van der Waals surface area contributed by atoms with Crippen molar-refractivity contribution in [2.24, 2.45) is 10.9 Å². The van der Waals surface area contributed by atoms with Gasteiger partial charge >= 0.3 is 0 Å². The summed E-state index contributed by atoms with van der Waals surface area (Å²) in [6.45, 7) is 8.13. The molecule has 6 nitrogen and oxygen atoms in total. The number of hydrogen-bond donors (Lipinski definition) is 2. The zero-order chi connectivity index (χ0) is 19.2. The number of benzene rings is 1. The minimum absolute atomic E-state index is 0. The maximum absolute atomic E-state index is 12.8. The summed E-state index contributed by atoms with van der Waals surface area (Å²) < 4.78 is 29.4. The van der Waals surface area contributed by atoms with E-state index >= 15 is 0 Å². The number of aliphatic imine (C=N–C) groups is 1. The third kappa shape index (κ3) is 11.0. The molecule has 28 heavy (non-hydrogen) atoms. The summed E-state index contributed by atoms with van der Waals surface area (Å²) in [6.07, 6.45) is 2.84. The molecule has 160 valence electrons. The number of halogens is 2. The van der Waals surface area contributed by atoms with Crippen LogP contribution in [0, 0.1) is 11.7 Å². The zero-order valence-electron chi connectivity index (χ0n) is 16.6. The molecule has 0 aromatic heterocycles. The van der Waals surface area contributed by atoms with Crippen LogP contribution < -0.4 is 15.4 Å². The molecule has 1 unspecified atom stereocenters. The van der Waals surface area contributed by atoms with Crippen molar-refractivity contribution in [3.05, 3.63) is 30.1 Å². The Morgan fingerprint density at radius 1 is 1.21 bits per heavy atom. The summed E-state index contributed by atoms with van der Waals surface area (Å²) in [6, 6.07) is 6.05. The Hall–Kier alpha value is -1.13. The lowest BCUT2D eigenvalue weighted by Crippen LogP contribution is -2.38. The van der Waals surface area contributed by atoms with Gasteiger partial charge in [-0.3, -0.25) is 4.99 Å².